The number of carbonyl (C=O) groups is 3. The lowest BCUT2D eigenvalue weighted by Gasteiger charge is -2.20. The van der Waals surface area contributed by atoms with Crippen LogP contribution in [0.2, 0.25) is 0 Å². The second-order valence-electron chi connectivity index (χ2n) is 8.07. The average molecular weight is 496 g/mol. The summed E-state index contributed by atoms with van der Waals surface area (Å²) in [6.45, 7) is 5.64. The van der Waals surface area contributed by atoms with Crippen molar-refractivity contribution in [2.75, 3.05) is 37.9 Å². The molecule has 0 saturated heterocycles. The van der Waals surface area contributed by atoms with Gasteiger partial charge in [0.2, 0.25) is 5.91 Å². The Morgan fingerprint density at radius 3 is 2.29 bits per heavy atom. The average Bonchev–Trinajstić information content (AvgIpc) is 2.82. The number of rotatable bonds is 9. The van der Waals surface area contributed by atoms with Crippen LogP contribution in [0.3, 0.4) is 0 Å². The summed E-state index contributed by atoms with van der Waals surface area (Å²) in [7, 11) is 5.32. The van der Waals surface area contributed by atoms with E-state index in [0.29, 0.717) is 22.0 Å². The molecule has 35 heavy (non-hydrogen) atoms. The highest BCUT2D eigenvalue weighted by Crippen LogP contribution is 2.20. The normalized spacial score (nSPS) is 11.7. The molecule has 2 aromatic carbocycles. The van der Waals surface area contributed by atoms with Gasteiger partial charge >= 0.3 is 0 Å². The van der Waals surface area contributed by atoms with Crippen molar-refractivity contribution in [3.8, 4) is 0 Å². The van der Waals surface area contributed by atoms with E-state index >= 15 is 0 Å². The molecule has 2 aromatic rings. The number of aryl methyl sites for hydroxylation is 1. The summed E-state index contributed by atoms with van der Waals surface area (Å²) in [5.74, 6) is -0.881. The van der Waals surface area contributed by atoms with Crippen LogP contribution in [0.15, 0.2) is 78.1 Å². The lowest BCUT2D eigenvalue weighted by Crippen LogP contribution is -2.35. The molecule has 2 rings (SSSR count). The molecule has 3 amide bonds. The molecule has 0 radical (unpaired) electrons. The van der Waals surface area contributed by atoms with Gasteiger partial charge in [-0.15, -0.1) is 0 Å². The Balaban J connectivity index is 2.19. The van der Waals surface area contributed by atoms with E-state index in [0.717, 1.165) is 5.56 Å². The molecule has 0 aliphatic carbocycles. The molecular weight excluding hydrogens is 466 g/mol. The number of nitrogens with one attached hydrogen (secondary N) is 2. The maximum atomic E-state index is 12.9. The van der Waals surface area contributed by atoms with Crippen LogP contribution in [0.4, 0.5) is 11.4 Å². The molecule has 4 N–H and O–H groups in total. The van der Waals surface area contributed by atoms with Crippen LogP contribution in [-0.4, -0.2) is 50.3 Å². The zero-order valence-electron chi connectivity index (χ0n) is 20.3. The number of benzene rings is 2. The number of hydrogen-bond donors (Lipinski definition) is 3. The molecule has 184 valence electrons. The first-order valence-electron chi connectivity index (χ1n) is 10.7. The second-order valence-corrected chi connectivity index (χ2v) is 8.51. The highest BCUT2D eigenvalue weighted by molar-refractivity contribution is 6.31. The predicted octanol–water partition coefficient (Wildman–Crippen LogP) is 3.61. The van der Waals surface area contributed by atoms with Crippen LogP contribution in [0, 0.1) is 6.92 Å². The van der Waals surface area contributed by atoms with Crippen molar-refractivity contribution in [2.24, 2.45) is 5.73 Å². The van der Waals surface area contributed by atoms with Crippen LogP contribution in [0.1, 0.15) is 26.3 Å². The molecule has 8 nitrogen and oxygen atoms in total. The first-order valence-corrected chi connectivity index (χ1v) is 11.1. The molecular formula is C26H30ClN5O3. The number of amides is 3. The summed E-state index contributed by atoms with van der Waals surface area (Å²) in [4.78, 5) is 41.3. The Kier molecular flexibility index (Phi) is 9.81. The number of nitrogens with zero attached hydrogens (tertiary/aromatic N) is 2. The van der Waals surface area contributed by atoms with E-state index in [9.17, 15) is 14.4 Å². The lowest BCUT2D eigenvalue weighted by atomic mass is 10.1. The molecule has 0 aliphatic heterocycles. The number of hydrogen-bond acceptors (Lipinski definition) is 5. The van der Waals surface area contributed by atoms with Crippen molar-refractivity contribution in [1.82, 2.24) is 10.2 Å². The van der Waals surface area contributed by atoms with Crippen molar-refractivity contribution in [1.29, 1.82) is 0 Å². The smallest absolute Gasteiger partial charge is 0.258 e. The van der Waals surface area contributed by atoms with Gasteiger partial charge in [0.05, 0.1) is 17.8 Å². The first kappa shape index (κ1) is 27.4. The van der Waals surface area contributed by atoms with Gasteiger partial charge in [-0.25, -0.2) is 0 Å². The fourth-order valence-electron chi connectivity index (χ4n) is 2.98. The fourth-order valence-corrected chi connectivity index (χ4v) is 3.05. The monoisotopic (exact) mass is 495 g/mol. The fraction of sp³-hybridized carbons (Fsp3) is 0.192. The second kappa shape index (κ2) is 12.5. The van der Waals surface area contributed by atoms with Crippen molar-refractivity contribution in [3.63, 3.8) is 0 Å². The van der Waals surface area contributed by atoms with Crippen LogP contribution in [-0.2, 0) is 4.79 Å². The summed E-state index contributed by atoms with van der Waals surface area (Å²) >= 11 is 5.85. The Labute approximate surface area is 210 Å². The molecule has 0 fully saturated rings. The standard InChI is InChI=1S/C26H30ClN5O3/c1-6-19(27)10-14-23(28)30-26(35)21-15-17(2)7-13-22(21)29-25(34)18-8-11-20(12-9-18)32(5)24(33)16-31(3)4/h6-15H,1,16,28H2,2-5H3,(H,29,34)(H,30,35)/b19-10+,23-14+. The number of carbonyl (C=O) groups excluding carboxylic acids is 3. The van der Waals surface area contributed by atoms with E-state index in [-0.39, 0.29) is 23.8 Å². The lowest BCUT2D eigenvalue weighted by molar-refractivity contribution is -0.118. The van der Waals surface area contributed by atoms with Gasteiger partial charge in [0.15, 0.2) is 0 Å². The summed E-state index contributed by atoms with van der Waals surface area (Å²) in [5, 5.41) is 5.71. The highest BCUT2D eigenvalue weighted by atomic mass is 35.5. The van der Waals surface area contributed by atoms with Gasteiger partial charge in [0.25, 0.3) is 11.8 Å². The third kappa shape index (κ3) is 8.13. The van der Waals surface area contributed by atoms with Crippen LogP contribution in [0.5, 0.6) is 0 Å². The van der Waals surface area contributed by atoms with Crippen molar-refractivity contribution < 1.29 is 14.4 Å². The van der Waals surface area contributed by atoms with E-state index in [1.807, 2.05) is 21.0 Å². The van der Waals surface area contributed by atoms with Crippen LogP contribution < -0.4 is 21.3 Å². The molecule has 0 spiro atoms. The third-order valence-electron chi connectivity index (χ3n) is 4.89. The highest BCUT2D eigenvalue weighted by Gasteiger charge is 2.16. The zero-order valence-corrected chi connectivity index (χ0v) is 21.0. The Morgan fingerprint density at radius 2 is 1.69 bits per heavy atom. The molecule has 0 heterocycles. The minimum atomic E-state index is -0.489. The molecule has 0 atom stereocenters. The molecule has 0 unspecified atom stereocenters. The molecule has 0 aliphatic rings. The van der Waals surface area contributed by atoms with Gasteiger partial charge in [-0.2, -0.15) is 0 Å². The Bertz CT molecular complexity index is 1170. The summed E-state index contributed by atoms with van der Waals surface area (Å²) in [6, 6.07) is 11.7. The maximum Gasteiger partial charge on any atom is 0.258 e. The Morgan fingerprint density at radius 1 is 1.03 bits per heavy atom. The van der Waals surface area contributed by atoms with Gasteiger partial charge in [-0.3, -0.25) is 14.4 Å². The summed E-state index contributed by atoms with van der Waals surface area (Å²) in [6.07, 6.45) is 4.38. The summed E-state index contributed by atoms with van der Waals surface area (Å²) in [5.41, 5.74) is 8.30. The largest absolute Gasteiger partial charge is 0.385 e. The number of likely N-dealkylation sites (N-methyl/N-ethyl adjacent to an activating group) is 2. The van der Waals surface area contributed by atoms with Gasteiger partial charge < -0.3 is 26.2 Å². The van der Waals surface area contributed by atoms with E-state index < -0.39 is 11.8 Å². The maximum absolute atomic E-state index is 12.9. The molecule has 9 heteroatoms. The minimum absolute atomic E-state index is 0.0712. The molecule has 0 aromatic heterocycles. The summed E-state index contributed by atoms with van der Waals surface area (Å²) < 4.78 is 0. The van der Waals surface area contributed by atoms with Crippen molar-refractivity contribution in [3.05, 3.63) is 94.8 Å². The van der Waals surface area contributed by atoms with Crippen molar-refractivity contribution >= 4 is 40.7 Å². The Hall–Kier alpha value is -3.88. The zero-order chi connectivity index (χ0) is 26.1. The minimum Gasteiger partial charge on any atom is -0.385 e. The van der Waals surface area contributed by atoms with Crippen molar-refractivity contribution in [2.45, 2.75) is 6.92 Å². The van der Waals surface area contributed by atoms with Gasteiger partial charge in [0.1, 0.15) is 5.82 Å². The van der Waals surface area contributed by atoms with E-state index in [2.05, 4.69) is 17.2 Å². The van der Waals surface area contributed by atoms with Gasteiger partial charge in [0, 0.05) is 23.3 Å². The number of allylic oxidation sites excluding steroid dienone is 4. The van der Waals surface area contributed by atoms with E-state index in [1.54, 1.807) is 54.4 Å². The third-order valence-corrected chi connectivity index (χ3v) is 5.17. The molecule has 0 saturated carbocycles. The number of nitrogens with two attached hydrogens (primary N) is 1. The topological polar surface area (TPSA) is 108 Å². The first-order chi connectivity index (χ1) is 16.5. The van der Waals surface area contributed by atoms with Gasteiger partial charge in [-0.1, -0.05) is 35.9 Å². The SMILES string of the molecule is C=C/C(Cl)=C\C=C(/N)NC(=O)c1cc(C)ccc1NC(=O)c1ccc(N(C)C(=O)CN(C)C)cc1. The molecule has 0 bridgehead atoms. The van der Waals surface area contributed by atoms with E-state index in [4.69, 9.17) is 17.3 Å². The van der Waals surface area contributed by atoms with E-state index in [1.165, 1.54) is 23.1 Å². The predicted molar refractivity (Wildman–Crippen MR) is 141 cm³/mol. The van der Waals surface area contributed by atoms with Crippen LogP contribution >= 0.6 is 11.6 Å². The van der Waals surface area contributed by atoms with Crippen LogP contribution in [0.25, 0.3) is 0 Å². The quantitative estimate of drug-likeness (QED) is 0.460. The van der Waals surface area contributed by atoms with Gasteiger partial charge in [-0.05, 0) is 69.6 Å². The number of anilines is 2. The number of halogens is 1.